The molecule has 0 unspecified atom stereocenters. The lowest BCUT2D eigenvalue weighted by Gasteiger charge is -2.05. The van der Waals surface area contributed by atoms with Crippen LogP contribution in [0.5, 0.6) is 5.75 Å². The maximum atomic E-state index is 5.31. The van der Waals surface area contributed by atoms with Gasteiger partial charge in [-0.2, -0.15) is 0 Å². The van der Waals surface area contributed by atoms with Gasteiger partial charge >= 0.3 is 0 Å². The van der Waals surface area contributed by atoms with Gasteiger partial charge in [-0.15, -0.1) is 0 Å². The molecule has 14 heavy (non-hydrogen) atoms. The quantitative estimate of drug-likeness (QED) is 0.730. The van der Waals surface area contributed by atoms with Crippen molar-refractivity contribution in [2.75, 3.05) is 13.7 Å². The predicted octanol–water partition coefficient (Wildman–Crippen LogP) is 1.07. The smallest absolute Gasteiger partial charge is 0.163 e. The second-order valence-corrected chi connectivity index (χ2v) is 3.33. The number of nitrogens with two attached hydrogens (primary N) is 1. The van der Waals surface area contributed by atoms with Crippen molar-refractivity contribution in [3.63, 3.8) is 0 Å². The monoisotopic (exact) mass is 210 g/mol. The number of hydrogen-bond donors (Lipinski definition) is 2. The van der Waals surface area contributed by atoms with E-state index in [-0.39, 0.29) is 0 Å². The first-order valence-electron chi connectivity index (χ1n) is 4.38. The van der Waals surface area contributed by atoms with Crippen LogP contribution in [-0.4, -0.2) is 18.8 Å². The van der Waals surface area contributed by atoms with Crippen LogP contribution in [0.4, 0.5) is 0 Å². The van der Waals surface area contributed by atoms with Gasteiger partial charge in [0.2, 0.25) is 0 Å². The van der Waals surface area contributed by atoms with E-state index in [1.165, 1.54) is 5.56 Å². The van der Waals surface area contributed by atoms with Crippen molar-refractivity contribution in [2.24, 2.45) is 5.73 Å². The van der Waals surface area contributed by atoms with E-state index in [4.69, 9.17) is 22.7 Å². The fourth-order valence-corrected chi connectivity index (χ4v) is 1.26. The minimum atomic E-state index is 0.341. The van der Waals surface area contributed by atoms with Gasteiger partial charge in [-0.1, -0.05) is 12.1 Å². The lowest BCUT2D eigenvalue weighted by Crippen LogP contribution is -2.30. The molecule has 0 atom stereocenters. The van der Waals surface area contributed by atoms with Gasteiger partial charge in [0, 0.05) is 6.54 Å². The lowest BCUT2D eigenvalue weighted by molar-refractivity contribution is 0.414. The SMILES string of the molecule is COc1cccc(CCNC(N)=S)c1. The van der Waals surface area contributed by atoms with Crippen LogP contribution in [0.25, 0.3) is 0 Å². The molecule has 1 aromatic rings. The highest BCUT2D eigenvalue weighted by atomic mass is 32.1. The molecule has 4 heteroatoms. The molecule has 0 heterocycles. The maximum absolute atomic E-state index is 5.31. The highest BCUT2D eigenvalue weighted by Crippen LogP contribution is 2.12. The Hall–Kier alpha value is -1.29. The summed E-state index contributed by atoms with van der Waals surface area (Å²) in [7, 11) is 1.66. The van der Waals surface area contributed by atoms with E-state index in [1.54, 1.807) is 7.11 Å². The van der Waals surface area contributed by atoms with Gasteiger partial charge < -0.3 is 15.8 Å². The average molecular weight is 210 g/mol. The highest BCUT2D eigenvalue weighted by molar-refractivity contribution is 7.80. The molecule has 1 rings (SSSR count). The van der Waals surface area contributed by atoms with E-state index in [1.807, 2.05) is 24.3 Å². The van der Waals surface area contributed by atoms with Crippen molar-refractivity contribution < 1.29 is 4.74 Å². The first kappa shape index (κ1) is 10.8. The molecule has 76 valence electrons. The summed E-state index contributed by atoms with van der Waals surface area (Å²) in [6.07, 6.45) is 0.883. The van der Waals surface area contributed by atoms with Crippen LogP contribution >= 0.6 is 12.2 Å². The summed E-state index contributed by atoms with van der Waals surface area (Å²) in [5.41, 5.74) is 6.51. The van der Waals surface area contributed by atoms with Crippen LogP contribution in [-0.2, 0) is 6.42 Å². The van der Waals surface area contributed by atoms with Crippen LogP contribution in [0.3, 0.4) is 0 Å². The fraction of sp³-hybridized carbons (Fsp3) is 0.300. The van der Waals surface area contributed by atoms with E-state index in [9.17, 15) is 0 Å². The summed E-state index contributed by atoms with van der Waals surface area (Å²) in [6.45, 7) is 0.752. The van der Waals surface area contributed by atoms with Crippen molar-refractivity contribution in [1.82, 2.24) is 5.32 Å². The Bertz CT molecular complexity index is 315. The third-order valence-corrected chi connectivity index (χ3v) is 1.99. The van der Waals surface area contributed by atoms with Crippen LogP contribution in [0.15, 0.2) is 24.3 Å². The Kier molecular flexibility index (Phi) is 4.19. The number of nitrogens with one attached hydrogen (secondary N) is 1. The molecule has 0 spiro atoms. The number of benzene rings is 1. The number of hydrogen-bond acceptors (Lipinski definition) is 2. The molecular weight excluding hydrogens is 196 g/mol. The van der Waals surface area contributed by atoms with Crippen molar-refractivity contribution in [1.29, 1.82) is 0 Å². The van der Waals surface area contributed by atoms with Crippen molar-refractivity contribution >= 4 is 17.3 Å². The second-order valence-electron chi connectivity index (χ2n) is 2.89. The third-order valence-electron chi connectivity index (χ3n) is 1.85. The Morgan fingerprint density at radius 3 is 3.00 bits per heavy atom. The molecule has 1 aromatic carbocycles. The van der Waals surface area contributed by atoms with Gasteiger partial charge in [0.05, 0.1) is 7.11 Å². The summed E-state index contributed by atoms with van der Waals surface area (Å²) in [5, 5.41) is 3.24. The molecule has 0 aromatic heterocycles. The second kappa shape index (κ2) is 5.44. The zero-order valence-electron chi connectivity index (χ0n) is 8.12. The number of rotatable bonds is 4. The van der Waals surface area contributed by atoms with Gasteiger partial charge in [-0.05, 0) is 36.3 Å². The number of ether oxygens (including phenoxy) is 1. The van der Waals surface area contributed by atoms with Gasteiger partial charge in [0.25, 0.3) is 0 Å². The van der Waals surface area contributed by atoms with E-state index < -0.39 is 0 Å². The van der Waals surface area contributed by atoms with Gasteiger partial charge in [0.1, 0.15) is 5.75 Å². The number of thiocarbonyl (C=S) groups is 1. The zero-order chi connectivity index (χ0) is 10.4. The molecule has 0 radical (unpaired) electrons. The summed E-state index contributed by atoms with van der Waals surface area (Å²) in [4.78, 5) is 0. The van der Waals surface area contributed by atoms with Gasteiger partial charge in [-0.3, -0.25) is 0 Å². The van der Waals surface area contributed by atoms with E-state index in [2.05, 4.69) is 5.32 Å². The van der Waals surface area contributed by atoms with Crippen LogP contribution in [0.1, 0.15) is 5.56 Å². The normalized spacial score (nSPS) is 9.50. The van der Waals surface area contributed by atoms with Crippen molar-refractivity contribution in [3.05, 3.63) is 29.8 Å². The maximum Gasteiger partial charge on any atom is 0.163 e. The molecule has 3 nitrogen and oxygen atoms in total. The third kappa shape index (κ3) is 3.62. The molecule has 0 aliphatic heterocycles. The molecular formula is C10H14N2OS. The minimum Gasteiger partial charge on any atom is -0.497 e. The zero-order valence-corrected chi connectivity index (χ0v) is 8.93. The molecule has 0 saturated heterocycles. The largest absolute Gasteiger partial charge is 0.497 e. The Balaban J connectivity index is 2.46. The molecule has 0 aliphatic rings. The van der Waals surface area contributed by atoms with Crippen LogP contribution in [0.2, 0.25) is 0 Å². The first-order chi connectivity index (χ1) is 6.72. The molecule has 0 saturated carbocycles. The first-order valence-corrected chi connectivity index (χ1v) is 4.79. The Morgan fingerprint density at radius 1 is 1.57 bits per heavy atom. The van der Waals surface area contributed by atoms with Crippen molar-refractivity contribution in [3.8, 4) is 5.75 Å². The van der Waals surface area contributed by atoms with E-state index in [0.29, 0.717) is 5.11 Å². The summed E-state index contributed by atoms with van der Waals surface area (Å²) in [6, 6.07) is 7.93. The average Bonchev–Trinajstić information content (AvgIpc) is 2.18. The molecule has 0 aliphatic carbocycles. The van der Waals surface area contributed by atoms with Gasteiger partial charge in [0.15, 0.2) is 5.11 Å². The molecule has 0 bridgehead atoms. The van der Waals surface area contributed by atoms with Gasteiger partial charge in [-0.25, -0.2) is 0 Å². The summed E-state index contributed by atoms with van der Waals surface area (Å²) < 4.78 is 5.11. The van der Waals surface area contributed by atoms with E-state index in [0.717, 1.165) is 18.7 Å². The predicted molar refractivity (Wildman–Crippen MR) is 61.5 cm³/mol. The Morgan fingerprint density at radius 2 is 2.36 bits per heavy atom. The molecule has 3 N–H and O–H groups in total. The van der Waals surface area contributed by atoms with E-state index >= 15 is 0 Å². The summed E-state index contributed by atoms with van der Waals surface area (Å²) in [5.74, 6) is 0.873. The van der Waals surface area contributed by atoms with Crippen LogP contribution in [0, 0.1) is 0 Å². The lowest BCUT2D eigenvalue weighted by atomic mass is 10.1. The highest BCUT2D eigenvalue weighted by Gasteiger charge is 1.95. The molecule has 0 fully saturated rings. The fourth-order valence-electron chi connectivity index (χ4n) is 1.16. The molecule has 0 amide bonds. The van der Waals surface area contributed by atoms with Crippen molar-refractivity contribution in [2.45, 2.75) is 6.42 Å². The minimum absolute atomic E-state index is 0.341. The summed E-state index contributed by atoms with van der Waals surface area (Å²) >= 11 is 4.70. The Labute approximate surface area is 89.3 Å². The topological polar surface area (TPSA) is 47.3 Å². The number of methoxy groups -OCH3 is 1. The van der Waals surface area contributed by atoms with Crippen LogP contribution < -0.4 is 15.8 Å². The standard InChI is InChI=1S/C10H14N2OS/c1-13-9-4-2-3-8(7-9)5-6-12-10(11)14/h2-4,7H,5-6H2,1H3,(H3,11,12,14).